The number of pyridine rings is 1. The van der Waals surface area contributed by atoms with Gasteiger partial charge in [-0.15, -0.1) is 10.2 Å². The average Bonchev–Trinajstić information content (AvgIpc) is 3.01. The molecule has 0 saturated carbocycles. The molecule has 0 radical (unpaired) electrons. The number of fused-ring (bicyclic) bond motifs is 1. The van der Waals surface area contributed by atoms with Gasteiger partial charge in [0.2, 0.25) is 5.13 Å². The third-order valence-electron chi connectivity index (χ3n) is 3.28. The van der Waals surface area contributed by atoms with Crippen molar-refractivity contribution in [1.82, 2.24) is 15.2 Å². The van der Waals surface area contributed by atoms with Gasteiger partial charge in [0.05, 0.1) is 12.6 Å². The van der Waals surface area contributed by atoms with E-state index in [1.807, 2.05) is 24.3 Å². The SMILES string of the molecule is CCCc1nnc(NC(=O)c2ccc3cc(OC)ccc3n2)s1. The van der Waals surface area contributed by atoms with Crippen molar-refractivity contribution in [1.29, 1.82) is 0 Å². The molecule has 0 fully saturated rings. The fourth-order valence-electron chi connectivity index (χ4n) is 2.14. The second-order valence-corrected chi connectivity index (χ2v) is 6.02. The number of anilines is 1. The molecule has 0 aliphatic carbocycles. The Kier molecular flexibility index (Phi) is 4.47. The Balaban J connectivity index is 1.79. The highest BCUT2D eigenvalue weighted by atomic mass is 32.1. The van der Waals surface area contributed by atoms with Crippen LogP contribution in [-0.4, -0.2) is 28.2 Å². The van der Waals surface area contributed by atoms with E-state index in [0.29, 0.717) is 10.8 Å². The van der Waals surface area contributed by atoms with Crippen LogP contribution in [-0.2, 0) is 6.42 Å². The predicted octanol–water partition coefficient (Wildman–Crippen LogP) is 3.30. The molecule has 3 rings (SSSR count). The maximum absolute atomic E-state index is 12.3. The number of hydrogen-bond donors (Lipinski definition) is 1. The van der Waals surface area contributed by atoms with Crippen LogP contribution in [0.1, 0.15) is 28.8 Å². The van der Waals surface area contributed by atoms with Gasteiger partial charge in [-0.05, 0) is 30.7 Å². The van der Waals surface area contributed by atoms with Crippen LogP contribution in [0.15, 0.2) is 30.3 Å². The predicted molar refractivity (Wildman–Crippen MR) is 90.2 cm³/mol. The molecular formula is C16H16N4O2S. The van der Waals surface area contributed by atoms with Crippen LogP contribution in [0.2, 0.25) is 0 Å². The first-order valence-electron chi connectivity index (χ1n) is 7.28. The van der Waals surface area contributed by atoms with E-state index in [1.165, 1.54) is 11.3 Å². The van der Waals surface area contributed by atoms with Crippen molar-refractivity contribution < 1.29 is 9.53 Å². The first kappa shape index (κ1) is 15.4. The van der Waals surface area contributed by atoms with Crippen LogP contribution in [0.5, 0.6) is 5.75 Å². The normalized spacial score (nSPS) is 10.7. The lowest BCUT2D eigenvalue weighted by Crippen LogP contribution is -2.13. The molecule has 6 nitrogen and oxygen atoms in total. The minimum Gasteiger partial charge on any atom is -0.497 e. The van der Waals surface area contributed by atoms with Gasteiger partial charge in [-0.3, -0.25) is 10.1 Å². The van der Waals surface area contributed by atoms with Gasteiger partial charge in [0.25, 0.3) is 5.91 Å². The highest BCUT2D eigenvalue weighted by Crippen LogP contribution is 2.21. The summed E-state index contributed by atoms with van der Waals surface area (Å²) in [4.78, 5) is 16.7. The number of aromatic nitrogens is 3. The van der Waals surface area contributed by atoms with E-state index >= 15 is 0 Å². The molecule has 0 bridgehead atoms. The minimum atomic E-state index is -0.290. The Hall–Kier alpha value is -2.54. The standard InChI is InChI=1S/C16H16N4O2S/c1-3-4-14-19-20-16(23-14)18-15(21)13-7-5-10-9-11(22-2)6-8-12(10)17-13/h5-9H,3-4H2,1-2H3,(H,18,20,21). The molecule has 1 aromatic carbocycles. The zero-order valence-electron chi connectivity index (χ0n) is 12.9. The van der Waals surface area contributed by atoms with Gasteiger partial charge in [-0.25, -0.2) is 4.98 Å². The van der Waals surface area contributed by atoms with Crippen molar-refractivity contribution in [3.8, 4) is 5.75 Å². The summed E-state index contributed by atoms with van der Waals surface area (Å²) in [5, 5.41) is 13.1. The molecule has 1 N–H and O–H groups in total. The Morgan fingerprint density at radius 2 is 2.13 bits per heavy atom. The maximum atomic E-state index is 12.3. The number of methoxy groups -OCH3 is 1. The molecule has 1 amide bonds. The number of nitrogens with one attached hydrogen (secondary N) is 1. The molecule has 0 atom stereocenters. The number of nitrogens with zero attached hydrogens (tertiary/aromatic N) is 3. The molecule has 2 aromatic heterocycles. The second-order valence-electron chi connectivity index (χ2n) is 4.96. The van der Waals surface area contributed by atoms with E-state index in [9.17, 15) is 4.79 Å². The van der Waals surface area contributed by atoms with Crippen molar-refractivity contribution in [3.63, 3.8) is 0 Å². The lowest BCUT2D eigenvalue weighted by atomic mass is 10.2. The van der Waals surface area contributed by atoms with Crippen LogP contribution >= 0.6 is 11.3 Å². The van der Waals surface area contributed by atoms with E-state index in [4.69, 9.17) is 4.74 Å². The molecule has 0 aliphatic rings. The highest BCUT2D eigenvalue weighted by Gasteiger charge is 2.12. The lowest BCUT2D eigenvalue weighted by molar-refractivity contribution is 0.102. The number of ether oxygens (including phenoxy) is 1. The number of amides is 1. The Morgan fingerprint density at radius 1 is 1.26 bits per heavy atom. The maximum Gasteiger partial charge on any atom is 0.276 e. The van der Waals surface area contributed by atoms with Crippen molar-refractivity contribution in [3.05, 3.63) is 41.0 Å². The zero-order chi connectivity index (χ0) is 16.2. The van der Waals surface area contributed by atoms with Crippen molar-refractivity contribution >= 4 is 33.3 Å². The van der Waals surface area contributed by atoms with E-state index < -0.39 is 0 Å². The van der Waals surface area contributed by atoms with Crippen LogP contribution in [0.4, 0.5) is 5.13 Å². The molecule has 118 valence electrons. The van der Waals surface area contributed by atoms with Crippen LogP contribution in [0.25, 0.3) is 10.9 Å². The Bertz CT molecular complexity index is 847. The molecule has 0 unspecified atom stereocenters. The Morgan fingerprint density at radius 3 is 2.91 bits per heavy atom. The summed E-state index contributed by atoms with van der Waals surface area (Å²) in [6, 6.07) is 9.06. The lowest BCUT2D eigenvalue weighted by Gasteiger charge is -2.04. The van der Waals surface area contributed by atoms with Gasteiger partial charge in [-0.2, -0.15) is 0 Å². The summed E-state index contributed by atoms with van der Waals surface area (Å²) in [5.41, 5.74) is 1.08. The largest absolute Gasteiger partial charge is 0.497 e. The van der Waals surface area contributed by atoms with Gasteiger partial charge >= 0.3 is 0 Å². The Labute approximate surface area is 137 Å². The fourth-order valence-corrected chi connectivity index (χ4v) is 2.97. The quantitative estimate of drug-likeness (QED) is 0.777. The number of benzene rings is 1. The first-order valence-corrected chi connectivity index (χ1v) is 8.10. The third-order valence-corrected chi connectivity index (χ3v) is 4.18. The topological polar surface area (TPSA) is 77.0 Å². The van der Waals surface area contributed by atoms with Crippen LogP contribution < -0.4 is 10.1 Å². The van der Waals surface area contributed by atoms with Gasteiger partial charge in [0.15, 0.2) is 0 Å². The smallest absolute Gasteiger partial charge is 0.276 e. The summed E-state index contributed by atoms with van der Waals surface area (Å²) in [5.74, 6) is 0.468. The summed E-state index contributed by atoms with van der Waals surface area (Å²) >= 11 is 1.39. The molecular weight excluding hydrogens is 312 g/mol. The number of carbonyl (C=O) groups excluding carboxylic acids is 1. The first-order chi connectivity index (χ1) is 11.2. The van der Waals surface area contributed by atoms with Crippen molar-refractivity contribution in [2.45, 2.75) is 19.8 Å². The van der Waals surface area contributed by atoms with Gasteiger partial charge in [0, 0.05) is 11.8 Å². The molecule has 0 saturated heterocycles. The molecule has 7 heteroatoms. The van der Waals surface area contributed by atoms with Crippen molar-refractivity contribution in [2.24, 2.45) is 0 Å². The fraction of sp³-hybridized carbons (Fsp3) is 0.250. The number of rotatable bonds is 5. The van der Waals surface area contributed by atoms with E-state index in [2.05, 4.69) is 27.4 Å². The zero-order valence-corrected chi connectivity index (χ0v) is 13.7. The summed E-state index contributed by atoms with van der Waals surface area (Å²) < 4.78 is 5.18. The molecule has 23 heavy (non-hydrogen) atoms. The molecule has 3 aromatic rings. The van der Waals surface area contributed by atoms with E-state index in [-0.39, 0.29) is 5.91 Å². The summed E-state index contributed by atoms with van der Waals surface area (Å²) in [6.07, 6.45) is 1.86. The molecule has 0 aliphatic heterocycles. The minimum absolute atomic E-state index is 0.290. The van der Waals surface area contributed by atoms with Crippen LogP contribution in [0.3, 0.4) is 0 Å². The van der Waals surface area contributed by atoms with Gasteiger partial charge in [0.1, 0.15) is 16.5 Å². The van der Waals surface area contributed by atoms with Crippen LogP contribution in [0, 0.1) is 0 Å². The number of aryl methyl sites for hydroxylation is 1. The van der Waals surface area contributed by atoms with Gasteiger partial charge in [-0.1, -0.05) is 24.3 Å². The third kappa shape index (κ3) is 3.45. The molecule has 2 heterocycles. The summed E-state index contributed by atoms with van der Waals surface area (Å²) in [6.45, 7) is 2.08. The number of hydrogen-bond acceptors (Lipinski definition) is 6. The number of carbonyl (C=O) groups is 1. The van der Waals surface area contributed by atoms with Gasteiger partial charge < -0.3 is 4.74 Å². The van der Waals surface area contributed by atoms with E-state index in [0.717, 1.165) is 34.5 Å². The second kappa shape index (κ2) is 6.70. The molecule has 0 spiro atoms. The van der Waals surface area contributed by atoms with Crippen molar-refractivity contribution in [2.75, 3.05) is 12.4 Å². The summed E-state index contributed by atoms with van der Waals surface area (Å²) in [7, 11) is 1.62. The monoisotopic (exact) mass is 328 g/mol. The van der Waals surface area contributed by atoms with E-state index in [1.54, 1.807) is 13.2 Å². The average molecular weight is 328 g/mol. The highest BCUT2D eigenvalue weighted by molar-refractivity contribution is 7.15.